The van der Waals surface area contributed by atoms with Gasteiger partial charge in [0, 0.05) is 48.7 Å². The molecule has 0 radical (unpaired) electrons. The second-order valence-electron chi connectivity index (χ2n) is 12.4. The molecule has 0 aliphatic carbocycles. The monoisotopic (exact) mass is 684 g/mol. The minimum absolute atomic E-state index is 0.0118. The number of amidine groups is 1. The predicted molar refractivity (Wildman–Crippen MR) is 197 cm³/mol. The summed E-state index contributed by atoms with van der Waals surface area (Å²) in [5, 5.41) is 9.77. The van der Waals surface area contributed by atoms with Gasteiger partial charge in [-0.05, 0) is 93.2 Å². The third-order valence-corrected chi connectivity index (χ3v) is 9.72. The highest BCUT2D eigenvalue weighted by Crippen LogP contribution is 2.29. The fraction of sp³-hybridized carbons (Fsp3) is 0.389. The molecule has 6 N–H and O–H groups in total. The van der Waals surface area contributed by atoms with Gasteiger partial charge in [0.05, 0.1) is 37.5 Å². The quantitative estimate of drug-likeness (QED) is 0.129. The Morgan fingerprint density at radius 3 is 2.67 bits per heavy atom. The van der Waals surface area contributed by atoms with Crippen LogP contribution in [0, 0.1) is 11.3 Å². The standard InChI is InChI=1S/C36H45N9O3S/c1-5-45(27-8-11-30(37)29(18-27)33(38)24-6-9-28(10-7-24)48-23(2)3)36(47)26-12-15-43(20-26)21-32(46)44-16-13-25(14-17-44)35-41-19-31(49-35)34(39)42-22-40-4/h6-11,13,18-19,22-23,26,38H,5,12,14-17,20-21,37H2,1-4H3,(H2,39,40,42)/p+1/t26-/m1/s1. The van der Waals surface area contributed by atoms with E-state index < -0.39 is 0 Å². The number of nitrogens with two attached hydrogens (primary N) is 2. The third kappa shape index (κ3) is 8.59. The van der Waals surface area contributed by atoms with E-state index in [-0.39, 0.29) is 36.1 Å². The van der Waals surface area contributed by atoms with Crippen LogP contribution >= 0.6 is 11.3 Å². The number of aromatic nitrogens is 1. The van der Waals surface area contributed by atoms with Crippen molar-refractivity contribution in [3.63, 3.8) is 0 Å². The van der Waals surface area contributed by atoms with Gasteiger partial charge in [0.1, 0.15) is 15.6 Å². The number of hydrogen-bond acceptors (Lipinski definition) is 8. The Morgan fingerprint density at radius 2 is 2.00 bits per heavy atom. The maximum atomic E-state index is 13.8. The molecule has 2 aliphatic heterocycles. The average molecular weight is 685 g/mol. The van der Waals surface area contributed by atoms with Crippen molar-refractivity contribution in [1.29, 1.82) is 5.41 Å². The Morgan fingerprint density at radius 1 is 1.22 bits per heavy atom. The molecule has 12 nitrogen and oxygen atoms in total. The van der Waals surface area contributed by atoms with Crippen molar-refractivity contribution >= 4 is 58.0 Å². The molecular weight excluding hydrogens is 639 g/mol. The summed E-state index contributed by atoms with van der Waals surface area (Å²) in [4.78, 5) is 45.1. The van der Waals surface area contributed by atoms with E-state index in [1.165, 1.54) is 17.7 Å². The molecule has 0 saturated carbocycles. The molecule has 1 atom stereocenters. The Bertz CT molecular complexity index is 1760. The molecular formula is C36H46N9O3S+. The van der Waals surface area contributed by atoms with E-state index in [4.69, 9.17) is 21.6 Å². The zero-order valence-corrected chi connectivity index (χ0v) is 29.4. The predicted octanol–water partition coefficient (Wildman–Crippen LogP) is 2.36. The molecule has 1 aromatic heterocycles. The molecule has 0 bridgehead atoms. The van der Waals surface area contributed by atoms with Crippen LogP contribution in [-0.2, 0) is 9.59 Å². The maximum Gasteiger partial charge on any atom is 0.281 e. The van der Waals surface area contributed by atoms with Gasteiger partial charge in [-0.2, -0.15) is 0 Å². The first-order chi connectivity index (χ1) is 23.6. The second kappa shape index (κ2) is 16.0. The van der Waals surface area contributed by atoms with Crippen molar-refractivity contribution in [3.8, 4) is 5.75 Å². The Hall–Kier alpha value is -4.88. The molecule has 2 amide bonds. The average Bonchev–Trinajstić information content (AvgIpc) is 3.79. The first-order valence-corrected chi connectivity index (χ1v) is 17.4. The summed E-state index contributed by atoms with van der Waals surface area (Å²) in [5.41, 5.74) is 16.2. The number of carbonyl (C=O) groups excluding carboxylic acids is 2. The largest absolute Gasteiger partial charge is 0.491 e. The smallest absolute Gasteiger partial charge is 0.281 e. The summed E-state index contributed by atoms with van der Waals surface area (Å²) in [7, 11) is 1.76. The van der Waals surface area contributed by atoms with Crippen LogP contribution < -0.4 is 26.1 Å². The van der Waals surface area contributed by atoms with E-state index in [0.717, 1.165) is 21.2 Å². The summed E-state index contributed by atoms with van der Waals surface area (Å²) in [5.74, 6) is 0.987. The van der Waals surface area contributed by atoms with Crippen molar-refractivity contribution in [3.05, 3.63) is 75.7 Å². The first-order valence-electron chi connectivity index (χ1n) is 16.6. The number of nitrogens with one attached hydrogen (secondary N) is 2. The summed E-state index contributed by atoms with van der Waals surface area (Å²) in [6, 6.07) is 12.8. The number of hydrogen-bond donors (Lipinski definition) is 4. The lowest BCUT2D eigenvalue weighted by molar-refractivity contribution is -0.414. The molecule has 1 fully saturated rings. The lowest BCUT2D eigenvalue weighted by atomic mass is 9.99. The van der Waals surface area contributed by atoms with Crippen LogP contribution in [0.25, 0.3) is 5.57 Å². The van der Waals surface area contributed by atoms with Gasteiger partial charge in [-0.15, -0.1) is 11.3 Å². The normalized spacial score (nSPS) is 17.1. The van der Waals surface area contributed by atoms with Crippen LogP contribution in [0.15, 0.2) is 59.7 Å². The highest BCUT2D eigenvalue weighted by Gasteiger charge is 2.33. The van der Waals surface area contributed by atoms with Crippen molar-refractivity contribution in [2.24, 2.45) is 16.6 Å². The summed E-state index contributed by atoms with van der Waals surface area (Å²) < 4.78 is 5.74. The van der Waals surface area contributed by atoms with Gasteiger partial charge in [0.15, 0.2) is 0 Å². The van der Waals surface area contributed by atoms with E-state index >= 15 is 0 Å². The SMILES string of the molecule is CCN(C(=O)[C@@H]1CCN(CC(=O)N2CC=C(c3ncc(C(N)=NC=[NH+]C)s3)CC2)C1)c1ccc(N)c(C(=N)c2ccc(OC(C)C)cc2)c1. The Kier molecular flexibility index (Phi) is 11.6. The van der Waals surface area contributed by atoms with Gasteiger partial charge in [-0.25, -0.2) is 4.98 Å². The van der Waals surface area contributed by atoms with Crippen molar-refractivity contribution in [1.82, 2.24) is 14.8 Å². The number of ether oxygens (including phenoxy) is 1. The zero-order valence-electron chi connectivity index (χ0n) is 28.6. The van der Waals surface area contributed by atoms with Crippen LogP contribution in [-0.4, -0.2) is 96.9 Å². The van der Waals surface area contributed by atoms with Gasteiger partial charge in [0.2, 0.25) is 11.8 Å². The number of rotatable bonds is 12. The highest BCUT2D eigenvalue weighted by atomic mass is 32.1. The Balaban J connectivity index is 1.17. The number of nitrogen functional groups attached to an aromatic ring is 1. The molecule has 0 spiro atoms. The van der Waals surface area contributed by atoms with E-state index in [9.17, 15) is 9.59 Å². The topological polar surface area (TPSA) is 168 Å². The van der Waals surface area contributed by atoms with E-state index in [1.54, 1.807) is 24.2 Å². The summed E-state index contributed by atoms with van der Waals surface area (Å²) in [6.45, 7) is 8.96. The van der Waals surface area contributed by atoms with Crippen LogP contribution in [0.1, 0.15) is 54.6 Å². The van der Waals surface area contributed by atoms with Gasteiger partial charge >= 0.3 is 0 Å². The molecule has 0 unspecified atom stereocenters. The minimum atomic E-state index is -0.227. The lowest BCUT2D eigenvalue weighted by Gasteiger charge is -2.28. The highest BCUT2D eigenvalue weighted by molar-refractivity contribution is 7.14. The molecule has 49 heavy (non-hydrogen) atoms. The molecule has 13 heteroatoms. The number of anilines is 2. The number of carbonyl (C=O) groups is 2. The van der Waals surface area contributed by atoms with Crippen LogP contribution in [0.2, 0.25) is 0 Å². The van der Waals surface area contributed by atoms with Crippen molar-refractivity contribution in [2.45, 2.75) is 39.7 Å². The minimum Gasteiger partial charge on any atom is -0.491 e. The lowest BCUT2D eigenvalue weighted by Crippen LogP contribution is -2.62. The van der Waals surface area contributed by atoms with E-state index in [2.05, 4.69) is 25.9 Å². The van der Waals surface area contributed by atoms with E-state index in [0.29, 0.717) is 73.9 Å². The first kappa shape index (κ1) is 35.4. The van der Waals surface area contributed by atoms with Gasteiger partial charge in [-0.1, -0.05) is 6.08 Å². The van der Waals surface area contributed by atoms with Gasteiger partial charge in [-0.3, -0.25) is 24.9 Å². The number of benzene rings is 2. The van der Waals surface area contributed by atoms with Crippen LogP contribution in [0.3, 0.4) is 0 Å². The second-order valence-corrected chi connectivity index (χ2v) is 13.5. The fourth-order valence-corrected chi connectivity index (χ4v) is 6.93. The molecule has 2 aromatic carbocycles. The number of amides is 2. The molecule has 258 valence electrons. The van der Waals surface area contributed by atoms with Crippen LogP contribution in [0.5, 0.6) is 5.75 Å². The molecule has 1 saturated heterocycles. The van der Waals surface area contributed by atoms with Crippen molar-refractivity contribution < 1.29 is 19.3 Å². The Labute approximate surface area is 291 Å². The number of nitrogens with zero attached hydrogens (tertiary/aromatic N) is 5. The van der Waals surface area contributed by atoms with Gasteiger partial charge in [0.25, 0.3) is 12.2 Å². The van der Waals surface area contributed by atoms with Gasteiger partial charge < -0.3 is 26.0 Å². The van der Waals surface area contributed by atoms with E-state index in [1.807, 2.05) is 62.1 Å². The molecule has 5 rings (SSSR count). The summed E-state index contributed by atoms with van der Waals surface area (Å²) >= 11 is 1.49. The number of likely N-dealkylation sites (tertiary alicyclic amines) is 1. The molecule has 3 aromatic rings. The number of aliphatic imine (C=N–C) groups is 1. The number of thiazole rings is 1. The molecule has 2 aliphatic rings. The van der Waals surface area contributed by atoms with Crippen molar-refractivity contribution in [2.75, 3.05) is 56.9 Å². The molecule has 3 heterocycles. The third-order valence-electron chi connectivity index (χ3n) is 8.62. The summed E-state index contributed by atoms with van der Waals surface area (Å²) in [6.07, 6.45) is 6.77. The maximum absolute atomic E-state index is 13.8. The van der Waals surface area contributed by atoms with Crippen LogP contribution in [0.4, 0.5) is 11.4 Å². The zero-order chi connectivity index (χ0) is 35.1. The fourth-order valence-electron chi connectivity index (χ4n) is 6.04.